The van der Waals surface area contributed by atoms with Crippen molar-refractivity contribution in [3.05, 3.63) is 59.8 Å². The first-order valence-corrected chi connectivity index (χ1v) is 6.37. The van der Waals surface area contributed by atoms with Crippen LogP contribution in [0, 0.1) is 6.92 Å². The second-order valence-electron chi connectivity index (χ2n) is 4.66. The van der Waals surface area contributed by atoms with Gasteiger partial charge >= 0.3 is 0 Å². The van der Waals surface area contributed by atoms with Crippen LogP contribution in [0.5, 0.6) is 0 Å². The molecule has 3 rings (SSSR count). The molecule has 1 aromatic carbocycles. The van der Waals surface area contributed by atoms with Crippen LogP contribution in [0.3, 0.4) is 0 Å². The van der Waals surface area contributed by atoms with Gasteiger partial charge in [-0.1, -0.05) is 35.9 Å². The Labute approximate surface area is 116 Å². The highest BCUT2D eigenvalue weighted by atomic mass is 16.1. The summed E-state index contributed by atoms with van der Waals surface area (Å²) >= 11 is 0. The highest BCUT2D eigenvalue weighted by Gasteiger charge is 2.09. The van der Waals surface area contributed by atoms with Crippen LogP contribution in [0.25, 0.3) is 5.65 Å². The molecule has 2 heterocycles. The van der Waals surface area contributed by atoms with Crippen LogP contribution in [-0.4, -0.2) is 20.5 Å². The van der Waals surface area contributed by atoms with Crippen LogP contribution in [0.2, 0.25) is 0 Å². The quantitative estimate of drug-likeness (QED) is 0.790. The summed E-state index contributed by atoms with van der Waals surface area (Å²) in [6.45, 7) is 2.02. The van der Waals surface area contributed by atoms with Gasteiger partial charge in [-0.2, -0.15) is 0 Å². The van der Waals surface area contributed by atoms with Gasteiger partial charge in [0.05, 0.1) is 6.42 Å². The monoisotopic (exact) mass is 266 g/mol. The number of carbonyl (C=O) groups excluding carboxylic acids is 1. The second-order valence-corrected chi connectivity index (χ2v) is 4.66. The summed E-state index contributed by atoms with van der Waals surface area (Å²) in [6.07, 6.45) is 2.14. The minimum Gasteiger partial charge on any atom is -0.294 e. The lowest BCUT2D eigenvalue weighted by molar-refractivity contribution is -0.115. The van der Waals surface area contributed by atoms with E-state index in [1.807, 2.05) is 55.6 Å². The topological polar surface area (TPSA) is 59.3 Å². The molecule has 0 bridgehead atoms. The molecule has 5 heteroatoms. The fraction of sp³-hybridized carbons (Fsp3) is 0.133. The Balaban J connectivity index is 1.74. The molecule has 0 unspecified atom stereocenters. The van der Waals surface area contributed by atoms with Gasteiger partial charge < -0.3 is 0 Å². The van der Waals surface area contributed by atoms with Crippen LogP contribution in [0.4, 0.5) is 5.95 Å². The minimum atomic E-state index is -0.105. The van der Waals surface area contributed by atoms with Crippen molar-refractivity contribution >= 4 is 17.5 Å². The average Bonchev–Trinajstić information content (AvgIpc) is 2.85. The number of rotatable bonds is 3. The smallest absolute Gasteiger partial charge is 0.235 e. The number of anilines is 1. The van der Waals surface area contributed by atoms with Crippen LogP contribution in [-0.2, 0) is 11.2 Å². The highest BCUT2D eigenvalue weighted by Crippen LogP contribution is 2.09. The van der Waals surface area contributed by atoms with Gasteiger partial charge in [0.25, 0.3) is 0 Å². The van der Waals surface area contributed by atoms with Crippen molar-refractivity contribution in [3.8, 4) is 0 Å². The zero-order chi connectivity index (χ0) is 13.9. The highest BCUT2D eigenvalue weighted by molar-refractivity contribution is 5.91. The van der Waals surface area contributed by atoms with Gasteiger partial charge in [-0.25, -0.2) is 0 Å². The fourth-order valence-corrected chi connectivity index (χ4v) is 1.99. The molecular weight excluding hydrogens is 252 g/mol. The normalized spacial score (nSPS) is 10.7. The van der Waals surface area contributed by atoms with E-state index in [1.165, 1.54) is 5.56 Å². The standard InChI is InChI=1S/C15H14N4O/c1-11-5-7-12(8-6-11)10-14(20)16-15-18-17-13-4-2-3-9-19(13)15/h2-9H,10H2,1H3,(H,16,18,20). The van der Waals surface area contributed by atoms with E-state index in [4.69, 9.17) is 0 Å². The van der Waals surface area contributed by atoms with Crippen molar-refractivity contribution in [3.63, 3.8) is 0 Å². The third-order valence-electron chi connectivity index (χ3n) is 3.05. The van der Waals surface area contributed by atoms with E-state index in [1.54, 1.807) is 4.40 Å². The predicted octanol–water partition coefficient (Wildman–Crippen LogP) is 2.22. The Kier molecular flexibility index (Phi) is 3.16. The lowest BCUT2D eigenvalue weighted by Crippen LogP contribution is -2.16. The molecule has 0 aliphatic heterocycles. The molecular formula is C15H14N4O. The molecule has 0 fully saturated rings. The molecule has 1 amide bonds. The largest absolute Gasteiger partial charge is 0.294 e. The number of nitrogens with one attached hydrogen (secondary N) is 1. The molecule has 3 aromatic rings. The van der Waals surface area contributed by atoms with E-state index in [9.17, 15) is 4.79 Å². The molecule has 1 N–H and O–H groups in total. The van der Waals surface area contributed by atoms with Gasteiger partial charge in [-0.3, -0.25) is 14.5 Å². The van der Waals surface area contributed by atoms with E-state index in [2.05, 4.69) is 15.5 Å². The van der Waals surface area contributed by atoms with Crippen LogP contribution in [0.1, 0.15) is 11.1 Å². The van der Waals surface area contributed by atoms with Gasteiger partial charge in [0.2, 0.25) is 11.9 Å². The van der Waals surface area contributed by atoms with Crippen LogP contribution < -0.4 is 5.32 Å². The third kappa shape index (κ3) is 2.51. The molecule has 0 radical (unpaired) electrons. The fourth-order valence-electron chi connectivity index (χ4n) is 1.99. The van der Waals surface area contributed by atoms with E-state index in [0.29, 0.717) is 18.0 Å². The van der Waals surface area contributed by atoms with E-state index in [0.717, 1.165) is 5.56 Å². The van der Waals surface area contributed by atoms with Gasteiger partial charge in [0, 0.05) is 6.20 Å². The number of hydrogen-bond donors (Lipinski definition) is 1. The maximum absolute atomic E-state index is 12.0. The van der Waals surface area contributed by atoms with E-state index < -0.39 is 0 Å². The van der Waals surface area contributed by atoms with Gasteiger partial charge in [-0.05, 0) is 24.6 Å². The third-order valence-corrected chi connectivity index (χ3v) is 3.05. The zero-order valence-corrected chi connectivity index (χ0v) is 11.1. The summed E-state index contributed by atoms with van der Waals surface area (Å²) < 4.78 is 1.74. The number of nitrogens with zero attached hydrogens (tertiary/aromatic N) is 3. The Hall–Kier alpha value is -2.69. The van der Waals surface area contributed by atoms with Crippen molar-refractivity contribution in [2.45, 2.75) is 13.3 Å². The molecule has 20 heavy (non-hydrogen) atoms. The average molecular weight is 266 g/mol. The number of aromatic nitrogens is 3. The maximum atomic E-state index is 12.0. The Morgan fingerprint density at radius 3 is 2.75 bits per heavy atom. The number of aryl methyl sites for hydroxylation is 1. The number of fused-ring (bicyclic) bond motifs is 1. The Morgan fingerprint density at radius 1 is 1.15 bits per heavy atom. The lowest BCUT2D eigenvalue weighted by atomic mass is 10.1. The minimum absolute atomic E-state index is 0.105. The van der Waals surface area contributed by atoms with Crippen LogP contribution in [0.15, 0.2) is 48.7 Å². The molecule has 5 nitrogen and oxygen atoms in total. The number of hydrogen-bond acceptors (Lipinski definition) is 3. The van der Waals surface area contributed by atoms with Crippen molar-refractivity contribution in [1.82, 2.24) is 14.6 Å². The van der Waals surface area contributed by atoms with Crippen LogP contribution >= 0.6 is 0 Å². The van der Waals surface area contributed by atoms with Crippen molar-refractivity contribution in [2.75, 3.05) is 5.32 Å². The van der Waals surface area contributed by atoms with E-state index >= 15 is 0 Å². The molecule has 2 aromatic heterocycles. The summed E-state index contributed by atoms with van der Waals surface area (Å²) in [4.78, 5) is 12.0. The first kappa shape index (κ1) is 12.3. The number of pyridine rings is 1. The van der Waals surface area contributed by atoms with Crippen molar-refractivity contribution < 1.29 is 4.79 Å². The molecule has 0 saturated carbocycles. The predicted molar refractivity (Wildman–Crippen MR) is 76.5 cm³/mol. The SMILES string of the molecule is Cc1ccc(CC(=O)Nc2nnc3ccccn23)cc1. The lowest BCUT2D eigenvalue weighted by Gasteiger charge is -2.04. The molecule has 0 spiro atoms. The van der Waals surface area contributed by atoms with Crippen molar-refractivity contribution in [2.24, 2.45) is 0 Å². The van der Waals surface area contributed by atoms with E-state index in [-0.39, 0.29) is 5.91 Å². The Bertz CT molecular complexity index is 746. The summed E-state index contributed by atoms with van der Waals surface area (Å²) in [7, 11) is 0. The molecule has 0 aliphatic rings. The number of benzene rings is 1. The number of carbonyl (C=O) groups is 1. The second kappa shape index (κ2) is 5.13. The molecule has 0 aliphatic carbocycles. The maximum Gasteiger partial charge on any atom is 0.235 e. The van der Waals surface area contributed by atoms with Gasteiger partial charge in [0.1, 0.15) is 0 Å². The summed E-state index contributed by atoms with van der Waals surface area (Å²) in [5.74, 6) is 0.338. The molecule has 0 saturated heterocycles. The molecule has 0 atom stereocenters. The summed E-state index contributed by atoms with van der Waals surface area (Å²) in [5.41, 5.74) is 2.86. The van der Waals surface area contributed by atoms with Crippen molar-refractivity contribution in [1.29, 1.82) is 0 Å². The zero-order valence-electron chi connectivity index (χ0n) is 11.1. The first-order chi connectivity index (χ1) is 9.72. The summed E-state index contributed by atoms with van der Waals surface area (Å²) in [5, 5.41) is 10.7. The number of amides is 1. The molecule has 100 valence electrons. The Morgan fingerprint density at radius 2 is 1.95 bits per heavy atom. The van der Waals surface area contributed by atoms with Gasteiger partial charge in [0.15, 0.2) is 5.65 Å². The summed E-state index contributed by atoms with van der Waals surface area (Å²) in [6, 6.07) is 13.5. The van der Waals surface area contributed by atoms with Gasteiger partial charge in [-0.15, -0.1) is 10.2 Å². The first-order valence-electron chi connectivity index (χ1n) is 6.37.